The number of fused-ring (bicyclic) bond motifs is 1. The summed E-state index contributed by atoms with van der Waals surface area (Å²) in [5.41, 5.74) is 2.12. The van der Waals surface area contributed by atoms with E-state index in [4.69, 9.17) is 16.6 Å². The van der Waals surface area contributed by atoms with Crippen LogP contribution in [-0.4, -0.2) is 26.9 Å². The van der Waals surface area contributed by atoms with Crippen LogP contribution in [0.4, 0.5) is 0 Å². The first-order valence-corrected chi connectivity index (χ1v) is 12.0. The number of amides is 1. The maximum Gasteiger partial charge on any atom is 0.261 e. The van der Waals surface area contributed by atoms with E-state index in [-0.39, 0.29) is 11.5 Å². The van der Waals surface area contributed by atoms with E-state index in [2.05, 4.69) is 0 Å². The number of aromatic nitrogens is 2. The zero-order valence-electron chi connectivity index (χ0n) is 19.4. The second-order valence-corrected chi connectivity index (χ2v) is 8.74. The van der Waals surface area contributed by atoms with Gasteiger partial charge in [-0.3, -0.25) is 14.2 Å². The Kier molecular flexibility index (Phi) is 7.43. The second-order valence-electron chi connectivity index (χ2n) is 8.33. The number of carbonyl (C=O) groups is 1. The van der Waals surface area contributed by atoms with E-state index in [0.717, 1.165) is 12.0 Å². The fourth-order valence-electron chi connectivity index (χ4n) is 4.24. The van der Waals surface area contributed by atoms with E-state index in [0.29, 0.717) is 46.8 Å². The van der Waals surface area contributed by atoms with Gasteiger partial charge in [-0.05, 0) is 49.6 Å². The summed E-state index contributed by atoms with van der Waals surface area (Å²) in [7, 11) is 0. The van der Waals surface area contributed by atoms with Crippen molar-refractivity contribution in [3.05, 3.63) is 111 Å². The molecule has 1 heterocycles. The molecule has 0 aliphatic carbocycles. The lowest BCUT2D eigenvalue weighted by molar-refractivity contribution is 0.0681. The number of nitrogens with zero attached hydrogens (tertiary/aromatic N) is 3. The molecule has 3 aromatic carbocycles. The van der Waals surface area contributed by atoms with Gasteiger partial charge in [-0.2, -0.15) is 0 Å². The number of rotatable bonds is 8. The lowest BCUT2D eigenvalue weighted by Gasteiger charge is -2.31. The number of para-hydroxylation sites is 1. The Balaban J connectivity index is 1.79. The van der Waals surface area contributed by atoms with E-state index in [1.165, 1.54) is 0 Å². The zero-order chi connectivity index (χ0) is 24.1. The fraction of sp³-hybridized carbons (Fsp3) is 0.250. The molecule has 0 saturated carbocycles. The molecule has 0 radical (unpaired) electrons. The highest BCUT2D eigenvalue weighted by atomic mass is 35.5. The minimum absolute atomic E-state index is 0.0810. The van der Waals surface area contributed by atoms with Crippen LogP contribution in [0.2, 0.25) is 5.02 Å². The minimum Gasteiger partial charge on any atom is -0.328 e. The lowest BCUT2D eigenvalue weighted by atomic mass is 10.1. The zero-order valence-corrected chi connectivity index (χ0v) is 20.2. The van der Waals surface area contributed by atoms with Crippen molar-refractivity contribution in [3.8, 4) is 0 Å². The van der Waals surface area contributed by atoms with Crippen molar-refractivity contribution < 1.29 is 4.79 Å². The summed E-state index contributed by atoms with van der Waals surface area (Å²) in [6.45, 7) is 4.95. The van der Waals surface area contributed by atoms with E-state index < -0.39 is 6.04 Å². The summed E-state index contributed by atoms with van der Waals surface area (Å²) in [6.07, 6.45) is 1.45. The Bertz CT molecular complexity index is 1350. The van der Waals surface area contributed by atoms with Gasteiger partial charge in [-0.25, -0.2) is 4.98 Å². The van der Waals surface area contributed by atoms with Crippen LogP contribution in [0.15, 0.2) is 83.7 Å². The highest BCUT2D eigenvalue weighted by molar-refractivity contribution is 6.33. The molecule has 4 aromatic rings. The predicted molar refractivity (Wildman–Crippen MR) is 137 cm³/mol. The summed E-state index contributed by atoms with van der Waals surface area (Å²) in [6, 6.07) is 24.0. The van der Waals surface area contributed by atoms with Crippen LogP contribution >= 0.6 is 11.6 Å². The number of hydrogen-bond donors (Lipinski definition) is 0. The van der Waals surface area contributed by atoms with Crippen molar-refractivity contribution in [2.45, 2.75) is 39.3 Å². The van der Waals surface area contributed by atoms with Crippen molar-refractivity contribution >= 4 is 28.4 Å². The standard InChI is InChI=1S/C28H28ClN3O2/c1-3-18-32-26(30-25-16-10-8-14-23(25)28(32)34)20(2)31(19-17-21-11-5-4-6-12-21)27(33)22-13-7-9-15-24(22)29/h4-16,20H,3,17-19H2,1-2H3. The van der Waals surface area contributed by atoms with Crippen LogP contribution < -0.4 is 5.56 Å². The molecule has 0 spiro atoms. The molecular formula is C28H28ClN3O2. The largest absolute Gasteiger partial charge is 0.328 e. The van der Waals surface area contributed by atoms with Crippen molar-refractivity contribution in [2.24, 2.45) is 0 Å². The van der Waals surface area contributed by atoms with Gasteiger partial charge < -0.3 is 4.90 Å². The predicted octanol–water partition coefficient (Wildman–Crippen LogP) is 5.91. The first-order chi connectivity index (χ1) is 16.5. The molecule has 0 N–H and O–H groups in total. The lowest BCUT2D eigenvalue weighted by Crippen LogP contribution is -2.39. The number of carbonyl (C=O) groups excluding carboxylic acids is 1. The Morgan fingerprint density at radius 1 is 1.00 bits per heavy atom. The second kappa shape index (κ2) is 10.7. The molecule has 6 heteroatoms. The summed E-state index contributed by atoms with van der Waals surface area (Å²) in [5, 5.41) is 0.988. The van der Waals surface area contributed by atoms with Gasteiger partial charge in [0.15, 0.2) is 0 Å². The van der Waals surface area contributed by atoms with E-state index in [1.54, 1.807) is 39.8 Å². The van der Waals surface area contributed by atoms with Crippen LogP contribution in [0.1, 0.15) is 48.1 Å². The first kappa shape index (κ1) is 23.7. The highest BCUT2D eigenvalue weighted by Gasteiger charge is 2.28. The maximum absolute atomic E-state index is 13.7. The maximum atomic E-state index is 13.7. The number of benzene rings is 3. The van der Waals surface area contributed by atoms with Gasteiger partial charge in [0.1, 0.15) is 5.82 Å². The number of halogens is 1. The molecule has 1 unspecified atom stereocenters. The Labute approximate surface area is 204 Å². The van der Waals surface area contributed by atoms with Crippen LogP contribution in [0.5, 0.6) is 0 Å². The third-order valence-corrected chi connectivity index (χ3v) is 6.36. The molecular weight excluding hydrogens is 446 g/mol. The molecule has 1 aromatic heterocycles. The smallest absolute Gasteiger partial charge is 0.261 e. The highest BCUT2D eigenvalue weighted by Crippen LogP contribution is 2.25. The first-order valence-electron chi connectivity index (χ1n) is 11.6. The third kappa shape index (κ3) is 4.90. The van der Waals surface area contributed by atoms with Crippen LogP contribution in [0.3, 0.4) is 0 Å². The quantitative estimate of drug-likeness (QED) is 0.320. The van der Waals surface area contributed by atoms with Gasteiger partial charge in [0.25, 0.3) is 11.5 Å². The minimum atomic E-state index is -0.434. The summed E-state index contributed by atoms with van der Waals surface area (Å²) in [4.78, 5) is 33.7. The Hall–Kier alpha value is -3.44. The summed E-state index contributed by atoms with van der Waals surface area (Å²) in [5.74, 6) is 0.401. The molecule has 1 atom stereocenters. The topological polar surface area (TPSA) is 55.2 Å². The molecule has 5 nitrogen and oxygen atoms in total. The van der Waals surface area contributed by atoms with E-state index in [1.807, 2.05) is 62.4 Å². The molecule has 174 valence electrons. The summed E-state index contributed by atoms with van der Waals surface area (Å²) >= 11 is 6.40. The van der Waals surface area contributed by atoms with Crippen molar-refractivity contribution in [1.29, 1.82) is 0 Å². The Morgan fingerprint density at radius 2 is 1.68 bits per heavy atom. The molecule has 1 amide bonds. The fourth-order valence-corrected chi connectivity index (χ4v) is 4.45. The summed E-state index contributed by atoms with van der Waals surface area (Å²) < 4.78 is 1.71. The molecule has 0 aliphatic heterocycles. The van der Waals surface area contributed by atoms with Crippen molar-refractivity contribution in [3.63, 3.8) is 0 Å². The molecule has 4 rings (SSSR count). The monoisotopic (exact) mass is 473 g/mol. The Morgan fingerprint density at radius 3 is 2.41 bits per heavy atom. The van der Waals surface area contributed by atoms with Crippen LogP contribution in [0, 0.1) is 0 Å². The SMILES string of the molecule is CCCn1c(C(C)N(CCc2ccccc2)C(=O)c2ccccc2Cl)nc2ccccc2c1=O. The molecule has 0 bridgehead atoms. The van der Waals surface area contributed by atoms with Gasteiger partial charge in [-0.15, -0.1) is 0 Å². The average molecular weight is 474 g/mol. The van der Waals surface area contributed by atoms with Crippen LogP contribution in [0.25, 0.3) is 10.9 Å². The third-order valence-electron chi connectivity index (χ3n) is 6.03. The number of hydrogen-bond acceptors (Lipinski definition) is 3. The molecule has 0 fully saturated rings. The van der Waals surface area contributed by atoms with Gasteiger partial charge >= 0.3 is 0 Å². The van der Waals surface area contributed by atoms with Gasteiger partial charge in [-0.1, -0.05) is 73.1 Å². The molecule has 0 saturated heterocycles. The molecule has 34 heavy (non-hydrogen) atoms. The normalized spacial score (nSPS) is 12.0. The van der Waals surface area contributed by atoms with E-state index >= 15 is 0 Å². The van der Waals surface area contributed by atoms with Gasteiger partial charge in [0.2, 0.25) is 0 Å². The van der Waals surface area contributed by atoms with Crippen molar-refractivity contribution in [1.82, 2.24) is 14.5 Å². The van der Waals surface area contributed by atoms with Gasteiger partial charge in [0.05, 0.1) is 27.5 Å². The van der Waals surface area contributed by atoms with E-state index in [9.17, 15) is 9.59 Å². The van der Waals surface area contributed by atoms with Crippen molar-refractivity contribution in [2.75, 3.05) is 6.54 Å². The average Bonchev–Trinajstić information content (AvgIpc) is 2.86. The van der Waals surface area contributed by atoms with Crippen LogP contribution in [-0.2, 0) is 13.0 Å². The van der Waals surface area contributed by atoms with Gasteiger partial charge in [0, 0.05) is 13.1 Å². The molecule has 0 aliphatic rings.